The molecule has 0 heterocycles. The Hall–Kier alpha value is -0.770. The molecular formula is C13H20O3S. The predicted molar refractivity (Wildman–Crippen MR) is 69.7 cm³/mol. The van der Waals surface area contributed by atoms with Gasteiger partial charge in [0, 0.05) is 5.92 Å². The fraction of sp³-hybridized carbons (Fsp3) is 0.692. The van der Waals surface area contributed by atoms with Gasteiger partial charge < -0.3 is 4.74 Å². The largest absolute Gasteiger partial charge is 0.468 e. The normalized spacial score (nSPS) is 21.6. The lowest BCUT2D eigenvalue weighted by molar-refractivity contribution is -0.137. The van der Waals surface area contributed by atoms with Gasteiger partial charge in [0.25, 0.3) is 0 Å². The van der Waals surface area contributed by atoms with E-state index in [-0.39, 0.29) is 22.8 Å². The van der Waals surface area contributed by atoms with Crippen LogP contribution in [0.2, 0.25) is 0 Å². The first-order valence-corrected chi connectivity index (χ1v) is 6.92. The topological polar surface area (TPSA) is 43.4 Å². The van der Waals surface area contributed by atoms with Gasteiger partial charge in [-0.25, -0.2) is 0 Å². The number of hydrogen-bond acceptors (Lipinski definition) is 4. The van der Waals surface area contributed by atoms with Crippen LogP contribution >= 0.6 is 11.8 Å². The second kappa shape index (κ2) is 6.84. The van der Waals surface area contributed by atoms with Gasteiger partial charge in [-0.2, -0.15) is 0 Å². The van der Waals surface area contributed by atoms with Crippen molar-refractivity contribution in [1.29, 1.82) is 0 Å². The number of esters is 1. The van der Waals surface area contributed by atoms with E-state index in [4.69, 9.17) is 0 Å². The summed E-state index contributed by atoms with van der Waals surface area (Å²) < 4.78 is 4.52. The van der Waals surface area contributed by atoms with E-state index in [1.807, 2.05) is 6.92 Å². The maximum Gasteiger partial charge on any atom is 0.316 e. The molecule has 0 aliphatic heterocycles. The summed E-state index contributed by atoms with van der Waals surface area (Å²) in [6.07, 6.45) is 5.37. The average Bonchev–Trinajstić information content (AvgIpc) is 2.35. The standard InChI is InChI=1S/C13H20O3S/c1-9-4-6-11(7-5-9)10(2)13(15)17-8-12(14)16-3/h4,10-11H,5-8H2,1-3H3. The van der Waals surface area contributed by atoms with Crippen LogP contribution in [0.1, 0.15) is 33.1 Å². The van der Waals surface area contributed by atoms with Crippen molar-refractivity contribution in [1.82, 2.24) is 0 Å². The first-order valence-electron chi connectivity index (χ1n) is 5.93. The van der Waals surface area contributed by atoms with Crippen LogP contribution < -0.4 is 0 Å². The summed E-state index contributed by atoms with van der Waals surface area (Å²) in [6.45, 7) is 4.10. The molecule has 0 aromatic rings. The van der Waals surface area contributed by atoms with Crippen LogP contribution in [0.5, 0.6) is 0 Å². The van der Waals surface area contributed by atoms with Crippen molar-refractivity contribution < 1.29 is 14.3 Å². The molecule has 2 atom stereocenters. The molecule has 17 heavy (non-hydrogen) atoms. The number of ether oxygens (including phenoxy) is 1. The third-order valence-electron chi connectivity index (χ3n) is 3.32. The Morgan fingerprint density at radius 2 is 2.29 bits per heavy atom. The van der Waals surface area contributed by atoms with Crippen LogP contribution in [0.3, 0.4) is 0 Å². The minimum absolute atomic E-state index is 0.0222. The van der Waals surface area contributed by atoms with Crippen LogP contribution in [0.4, 0.5) is 0 Å². The number of allylic oxidation sites excluding steroid dienone is 2. The summed E-state index contributed by atoms with van der Waals surface area (Å²) in [5, 5.41) is 0.105. The second-order valence-corrected chi connectivity index (χ2v) is 5.54. The zero-order valence-electron chi connectivity index (χ0n) is 10.7. The number of methoxy groups -OCH3 is 1. The molecule has 0 aromatic carbocycles. The average molecular weight is 256 g/mol. The molecule has 3 nitrogen and oxygen atoms in total. The summed E-state index contributed by atoms with van der Waals surface area (Å²) in [7, 11) is 1.34. The lowest BCUT2D eigenvalue weighted by Crippen LogP contribution is -2.21. The monoisotopic (exact) mass is 256 g/mol. The molecule has 96 valence electrons. The minimum Gasteiger partial charge on any atom is -0.468 e. The van der Waals surface area contributed by atoms with Gasteiger partial charge in [-0.3, -0.25) is 9.59 Å². The molecule has 0 N–H and O–H groups in total. The highest BCUT2D eigenvalue weighted by molar-refractivity contribution is 8.14. The minimum atomic E-state index is -0.338. The highest BCUT2D eigenvalue weighted by Crippen LogP contribution is 2.31. The zero-order valence-corrected chi connectivity index (χ0v) is 11.5. The quantitative estimate of drug-likeness (QED) is 0.573. The molecule has 0 spiro atoms. The highest BCUT2D eigenvalue weighted by Gasteiger charge is 2.25. The van der Waals surface area contributed by atoms with Crippen LogP contribution in [0.15, 0.2) is 11.6 Å². The van der Waals surface area contributed by atoms with Gasteiger partial charge in [0.15, 0.2) is 5.12 Å². The van der Waals surface area contributed by atoms with Crippen molar-refractivity contribution in [2.75, 3.05) is 12.9 Å². The summed E-state index contributed by atoms with van der Waals surface area (Å²) >= 11 is 1.08. The van der Waals surface area contributed by atoms with Gasteiger partial charge in [0.05, 0.1) is 12.9 Å². The molecule has 1 aliphatic rings. The Labute approximate surface area is 107 Å². The zero-order chi connectivity index (χ0) is 12.8. The Kier molecular flexibility index (Phi) is 5.75. The number of carbonyl (C=O) groups is 2. The van der Waals surface area contributed by atoms with E-state index >= 15 is 0 Å². The first-order chi connectivity index (χ1) is 8.04. The number of hydrogen-bond donors (Lipinski definition) is 0. The van der Waals surface area contributed by atoms with Gasteiger partial charge in [0.1, 0.15) is 0 Å². The second-order valence-electron chi connectivity index (χ2n) is 4.56. The predicted octanol–water partition coefficient (Wildman–Crippen LogP) is 2.80. The highest BCUT2D eigenvalue weighted by atomic mass is 32.2. The van der Waals surface area contributed by atoms with Crippen molar-refractivity contribution in [3.05, 3.63) is 11.6 Å². The van der Waals surface area contributed by atoms with Crippen molar-refractivity contribution in [3.63, 3.8) is 0 Å². The molecule has 4 heteroatoms. The smallest absolute Gasteiger partial charge is 0.316 e. The maximum atomic E-state index is 11.9. The van der Waals surface area contributed by atoms with Crippen molar-refractivity contribution in [2.45, 2.75) is 33.1 Å². The van der Waals surface area contributed by atoms with Gasteiger partial charge in [-0.1, -0.05) is 30.3 Å². The third kappa shape index (κ3) is 4.54. The Balaban J connectivity index is 2.39. The molecule has 0 fully saturated rings. The molecule has 2 unspecified atom stereocenters. The van der Waals surface area contributed by atoms with Crippen LogP contribution in [0, 0.1) is 11.8 Å². The third-order valence-corrected chi connectivity index (χ3v) is 4.35. The lowest BCUT2D eigenvalue weighted by atomic mass is 9.82. The van der Waals surface area contributed by atoms with Gasteiger partial charge >= 0.3 is 5.97 Å². The molecule has 1 aliphatic carbocycles. The molecule has 0 radical (unpaired) electrons. The molecular weight excluding hydrogens is 236 g/mol. The van der Waals surface area contributed by atoms with Crippen molar-refractivity contribution in [3.8, 4) is 0 Å². The van der Waals surface area contributed by atoms with E-state index in [1.54, 1.807) is 0 Å². The Morgan fingerprint density at radius 1 is 1.59 bits per heavy atom. The Bertz CT molecular complexity index is 323. The molecule has 0 saturated heterocycles. The first kappa shape index (κ1) is 14.3. The fourth-order valence-electron chi connectivity index (χ4n) is 1.95. The molecule has 0 aromatic heterocycles. The van der Waals surface area contributed by atoms with Gasteiger partial charge in [-0.15, -0.1) is 0 Å². The summed E-state index contributed by atoms with van der Waals surface area (Å²) in [5.74, 6) is 0.238. The van der Waals surface area contributed by atoms with E-state index in [0.29, 0.717) is 5.92 Å². The summed E-state index contributed by atoms with van der Waals surface area (Å²) in [6, 6.07) is 0. The van der Waals surface area contributed by atoms with E-state index in [1.165, 1.54) is 12.7 Å². The number of thioether (sulfide) groups is 1. The summed E-state index contributed by atoms with van der Waals surface area (Å²) in [5.41, 5.74) is 1.42. The SMILES string of the molecule is COC(=O)CSC(=O)C(C)C1CC=C(C)CC1. The van der Waals surface area contributed by atoms with Crippen LogP contribution in [0.25, 0.3) is 0 Å². The maximum absolute atomic E-state index is 11.9. The van der Waals surface area contributed by atoms with E-state index in [2.05, 4.69) is 17.7 Å². The van der Waals surface area contributed by atoms with Gasteiger partial charge in [0.2, 0.25) is 0 Å². The van der Waals surface area contributed by atoms with Crippen LogP contribution in [-0.2, 0) is 14.3 Å². The van der Waals surface area contributed by atoms with Crippen molar-refractivity contribution >= 4 is 22.8 Å². The number of rotatable bonds is 4. The van der Waals surface area contributed by atoms with Crippen molar-refractivity contribution in [2.24, 2.45) is 11.8 Å². The van der Waals surface area contributed by atoms with E-state index < -0.39 is 0 Å². The molecule has 0 saturated carbocycles. The fourth-order valence-corrected chi connectivity index (χ4v) is 2.79. The number of carbonyl (C=O) groups excluding carboxylic acids is 2. The van der Waals surface area contributed by atoms with E-state index in [9.17, 15) is 9.59 Å². The van der Waals surface area contributed by atoms with E-state index in [0.717, 1.165) is 31.0 Å². The van der Waals surface area contributed by atoms with Crippen LogP contribution in [-0.4, -0.2) is 23.9 Å². The molecule has 1 rings (SSSR count). The molecule has 0 amide bonds. The summed E-state index contributed by atoms with van der Waals surface area (Å²) in [4.78, 5) is 22.8. The van der Waals surface area contributed by atoms with Gasteiger partial charge in [-0.05, 0) is 32.1 Å². The molecule has 0 bridgehead atoms. The lowest BCUT2D eigenvalue weighted by Gasteiger charge is -2.25. The Morgan fingerprint density at radius 3 is 2.82 bits per heavy atom.